The number of carboxylic acids is 1. The lowest BCUT2D eigenvalue weighted by molar-refractivity contribution is -0.164. The number of ether oxygens (including phenoxy) is 1. The Labute approximate surface area is 88.6 Å². The van der Waals surface area contributed by atoms with Crippen molar-refractivity contribution in [2.45, 2.75) is 12.5 Å². The molecule has 0 saturated carbocycles. The standard InChI is InChI=1S/C9H17NO3S/c1-9(13-5-8(11)12)6-10(7-9)3-4-14-2/h3-7H2,1-2H3,(H,11,12). The molecule has 1 heterocycles. The molecular weight excluding hydrogens is 202 g/mol. The van der Waals surface area contributed by atoms with Crippen LogP contribution in [-0.4, -0.2) is 59.8 Å². The number of carbonyl (C=O) groups is 1. The maximum Gasteiger partial charge on any atom is 0.329 e. The van der Waals surface area contributed by atoms with Gasteiger partial charge in [-0.1, -0.05) is 0 Å². The summed E-state index contributed by atoms with van der Waals surface area (Å²) < 4.78 is 5.29. The summed E-state index contributed by atoms with van der Waals surface area (Å²) >= 11 is 1.82. The third kappa shape index (κ3) is 3.48. The second kappa shape index (κ2) is 5.00. The second-order valence-electron chi connectivity index (χ2n) is 3.84. The molecule has 0 spiro atoms. The van der Waals surface area contributed by atoms with E-state index in [1.54, 1.807) is 0 Å². The van der Waals surface area contributed by atoms with Gasteiger partial charge in [-0.3, -0.25) is 4.90 Å². The average Bonchev–Trinajstić information content (AvgIpc) is 2.07. The van der Waals surface area contributed by atoms with Gasteiger partial charge in [0.1, 0.15) is 6.61 Å². The lowest BCUT2D eigenvalue weighted by Gasteiger charge is -2.47. The molecular formula is C9H17NO3S. The summed E-state index contributed by atoms with van der Waals surface area (Å²) in [5.74, 6) is 0.225. The molecule has 0 aromatic carbocycles. The van der Waals surface area contributed by atoms with E-state index in [1.165, 1.54) is 0 Å². The molecule has 0 amide bonds. The van der Waals surface area contributed by atoms with Gasteiger partial charge < -0.3 is 9.84 Å². The van der Waals surface area contributed by atoms with Crippen LogP contribution in [-0.2, 0) is 9.53 Å². The van der Waals surface area contributed by atoms with Gasteiger partial charge in [-0.25, -0.2) is 4.79 Å². The van der Waals surface area contributed by atoms with Gasteiger partial charge in [0.05, 0.1) is 5.60 Å². The summed E-state index contributed by atoms with van der Waals surface area (Å²) in [6.07, 6.45) is 2.08. The van der Waals surface area contributed by atoms with Gasteiger partial charge in [0.15, 0.2) is 0 Å². The smallest absolute Gasteiger partial charge is 0.329 e. The van der Waals surface area contributed by atoms with Crippen LogP contribution in [0.1, 0.15) is 6.92 Å². The molecule has 1 N–H and O–H groups in total. The fourth-order valence-electron chi connectivity index (χ4n) is 1.61. The second-order valence-corrected chi connectivity index (χ2v) is 4.82. The number of rotatable bonds is 6. The van der Waals surface area contributed by atoms with Gasteiger partial charge in [0.25, 0.3) is 0 Å². The Morgan fingerprint density at radius 3 is 2.79 bits per heavy atom. The van der Waals surface area contributed by atoms with E-state index in [1.807, 2.05) is 18.7 Å². The van der Waals surface area contributed by atoms with Gasteiger partial charge in [-0.15, -0.1) is 0 Å². The van der Waals surface area contributed by atoms with Crippen LogP contribution >= 0.6 is 11.8 Å². The number of carboxylic acid groups (broad SMARTS) is 1. The fraction of sp³-hybridized carbons (Fsp3) is 0.889. The van der Waals surface area contributed by atoms with Crippen LogP contribution in [0.4, 0.5) is 0 Å². The van der Waals surface area contributed by atoms with Crippen molar-refractivity contribution in [1.29, 1.82) is 0 Å². The van der Waals surface area contributed by atoms with Gasteiger partial charge in [-0.05, 0) is 13.2 Å². The zero-order valence-corrected chi connectivity index (χ0v) is 9.47. The molecule has 0 bridgehead atoms. The van der Waals surface area contributed by atoms with Crippen molar-refractivity contribution in [3.05, 3.63) is 0 Å². The molecule has 0 aromatic heterocycles. The Hall–Kier alpha value is -0.260. The van der Waals surface area contributed by atoms with Gasteiger partial charge in [-0.2, -0.15) is 11.8 Å². The molecule has 1 aliphatic heterocycles. The topological polar surface area (TPSA) is 49.8 Å². The van der Waals surface area contributed by atoms with Crippen molar-refractivity contribution >= 4 is 17.7 Å². The minimum Gasteiger partial charge on any atom is -0.480 e. The van der Waals surface area contributed by atoms with E-state index < -0.39 is 5.97 Å². The lowest BCUT2D eigenvalue weighted by Crippen LogP contribution is -2.62. The first-order chi connectivity index (χ1) is 6.56. The van der Waals surface area contributed by atoms with E-state index in [-0.39, 0.29) is 12.2 Å². The van der Waals surface area contributed by atoms with Crippen LogP contribution in [0.2, 0.25) is 0 Å². The summed E-state index contributed by atoms with van der Waals surface area (Å²) in [5, 5.41) is 8.46. The van der Waals surface area contributed by atoms with Crippen LogP contribution in [0.15, 0.2) is 0 Å². The molecule has 14 heavy (non-hydrogen) atoms. The summed E-state index contributed by atoms with van der Waals surface area (Å²) in [7, 11) is 0. The van der Waals surface area contributed by atoms with E-state index in [2.05, 4.69) is 11.2 Å². The molecule has 1 aliphatic rings. The van der Waals surface area contributed by atoms with Crippen molar-refractivity contribution in [2.24, 2.45) is 0 Å². The monoisotopic (exact) mass is 219 g/mol. The minimum absolute atomic E-state index is 0.188. The van der Waals surface area contributed by atoms with E-state index in [0.717, 1.165) is 25.4 Å². The maximum absolute atomic E-state index is 10.3. The molecule has 0 atom stereocenters. The predicted octanol–water partition coefficient (Wildman–Crippen LogP) is 0.525. The molecule has 0 aromatic rings. The average molecular weight is 219 g/mol. The molecule has 1 rings (SSSR count). The molecule has 0 radical (unpaired) electrons. The van der Waals surface area contributed by atoms with E-state index >= 15 is 0 Å². The molecule has 1 saturated heterocycles. The lowest BCUT2D eigenvalue weighted by atomic mass is 9.97. The molecule has 0 unspecified atom stereocenters. The Balaban J connectivity index is 2.13. The van der Waals surface area contributed by atoms with Crippen molar-refractivity contribution < 1.29 is 14.6 Å². The summed E-state index contributed by atoms with van der Waals surface area (Å²) in [4.78, 5) is 12.6. The van der Waals surface area contributed by atoms with Crippen LogP contribution < -0.4 is 0 Å². The third-order valence-electron chi connectivity index (χ3n) is 2.27. The highest BCUT2D eigenvalue weighted by Crippen LogP contribution is 2.24. The normalized spacial score (nSPS) is 20.4. The highest BCUT2D eigenvalue weighted by atomic mass is 32.2. The zero-order chi connectivity index (χ0) is 10.6. The molecule has 5 heteroatoms. The van der Waals surface area contributed by atoms with Gasteiger partial charge in [0, 0.05) is 25.4 Å². The fourth-order valence-corrected chi connectivity index (χ4v) is 2.05. The molecule has 1 fully saturated rings. The zero-order valence-electron chi connectivity index (χ0n) is 8.65. The Morgan fingerprint density at radius 1 is 1.64 bits per heavy atom. The number of aliphatic carboxylic acids is 1. The summed E-state index contributed by atoms with van der Waals surface area (Å²) in [5.41, 5.74) is -0.239. The van der Waals surface area contributed by atoms with E-state index in [9.17, 15) is 4.79 Å². The molecule has 0 aliphatic carbocycles. The molecule has 4 nitrogen and oxygen atoms in total. The van der Waals surface area contributed by atoms with Gasteiger partial charge >= 0.3 is 5.97 Å². The van der Waals surface area contributed by atoms with Crippen LogP contribution in [0.5, 0.6) is 0 Å². The van der Waals surface area contributed by atoms with Crippen molar-refractivity contribution in [2.75, 3.05) is 38.2 Å². The van der Waals surface area contributed by atoms with E-state index in [0.29, 0.717) is 0 Å². The highest BCUT2D eigenvalue weighted by molar-refractivity contribution is 7.98. The first-order valence-electron chi connectivity index (χ1n) is 4.63. The number of thioether (sulfide) groups is 1. The first kappa shape index (κ1) is 11.8. The predicted molar refractivity (Wildman–Crippen MR) is 56.8 cm³/mol. The van der Waals surface area contributed by atoms with Crippen LogP contribution in [0.25, 0.3) is 0 Å². The Bertz CT molecular complexity index is 204. The number of hydrogen-bond acceptors (Lipinski definition) is 4. The minimum atomic E-state index is -0.895. The number of likely N-dealkylation sites (tertiary alicyclic amines) is 1. The summed E-state index contributed by atoms with van der Waals surface area (Å²) in [6.45, 7) is 4.53. The van der Waals surface area contributed by atoms with Crippen molar-refractivity contribution in [3.8, 4) is 0 Å². The van der Waals surface area contributed by atoms with Gasteiger partial charge in [0.2, 0.25) is 0 Å². The van der Waals surface area contributed by atoms with Crippen LogP contribution in [0.3, 0.4) is 0 Å². The largest absolute Gasteiger partial charge is 0.480 e. The third-order valence-corrected chi connectivity index (χ3v) is 2.86. The quantitative estimate of drug-likeness (QED) is 0.706. The first-order valence-corrected chi connectivity index (χ1v) is 6.02. The van der Waals surface area contributed by atoms with Crippen molar-refractivity contribution in [1.82, 2.24) is 4.90 Å². The SMILES string of the molecule is CSCCN1CC(C)(OCC(=O)O)C1. The summed E-state index contributed by atoms with van der Waals surface area (Å²) in [6, 6.07) is 0. The number of hydrogen-bond donors (Lipinski definition) is 1. The molecule has 82 valence electrons. The Morgan fingerprint density at radius 2 is 2.29 bits per heavy atom. The highest BCUT2D eigenvalue weighted by Gasteiger charge is 2.39. The number of nitrogens with zero attached hydrogens (tertiary/aromatic N) is 1. The van der Waals surface area contributed by atoms with Crippen molar-refractivity contribution in [3.63, 3.8) is 0 Å². The van der Waals surface area contributed by atoms with Crippen LogP contribution in [0, 0.1) is 0 Å². The maximum atomic E-state index is 10.3. The Kier molecular flexibility index (Phi) is 4.22. The van der Waals surface area contributed by atoms with E-state index in [4.69, 9.17) is 9.84 Å².